The zero-order chi connectivity index (χ0) is 18.4. The van der Waals surface area contributed by atoms with Gasteiger partial charge in [0.05, 0.1) is 25.8 Å². The van der Waals surface area contributed by atoms with Crippen LogP contribution in [-0.4, -0.2) is 31.4 Å². The number of amides is 1. The smallest absolute Gasteiger partial charge is 0.224 e. The number of carbonyl (C=O) groups excluding carboxylic acids is 1. The number of hydrogen-bond donors (Lipinski definition) is 1. The Balaban J connectivity index is 1.40. The molecule has 0 spiro atoms. The van der Waals surface area contributed by atoms with Gasteiger partial charge in [0.2, 0.25) is 5.91 Å². The number of benzene rings is 2. The van der Waals surface area contributed by atoms with Crippen molar-refractivity contribution in [3.63, 3.8) is 0 Å². The molecule has 0 aromatic heterocycles. The van der Waals surface area contributed by atoms with E-state index in [0.717, 1.165) is 22.6 Å². The molecular formula is C20H21FN2O3. The topological polar surface area (TPSA) is 59.9 Å². The standard InChI is InChI=1S/C20H21FN2O3/c1-25-18-8-4-15(5-9-18)11-20(24)22-13-19-12-17(23-26-19)10-14-2-6-16(21)7-3-14/h2-9,19H,10-13H2,1H3,(H,22,24)/t19-/m1/s1. The van der Waals surface area contributed by atoms with Gasteiger partial charge in [-0.15, -0.1) is 0 Å². The van der Waals surface area contributed by atoms with Crippen LogP contribution in [0.3, 0.4) is 0 Å². The summed E-state index contributed by atoms with van der Waals surface area (Å²) in [5.41, 5.74) is 2.80. The number of carbonyl (C=O) groups is 1. The first-order valence-electron chi connectivity index (χ1n) is 8.48. The molecule has 1 atom stereocenters. The second-order valence-electron chi connectivity index (χ2n) is 6.22. The monoisotopic (exact) mass is 356 g/mol. The van der Waals surface area contributed by atoms with Crippen molar-refractivity contribution in [2.45, 2.75) is 25.4 Å². The van der Waals surface area contributed by atoms with E-state index in [0.29, 0.717) is 25.8 Å². The minimum absolute atomic E-state index is 0.0641. The van der Waals surface area contributed by atoms with E-state index in [1.54, 1.807) is 19.2 Å². The number of halogens is 1. The molecule has 2 aromatic rings. The van der Waals surface area contributed by atoms with Gasteiger partial charge in [-0.05, 0) is 35.4 Å². The van der Waals surface area contributed by atoms with Gasteiger partial charge in [-0.2, -0.15) is 0 Å². The first-order chi connectivity index (χ1) is 12.6. The Morgan fingerprint density at radius 2 is 1.88 bits per heavy atom. The summed E-state index contributed by atoms with van der Waals surface area (Å²) in [6, 6.07) is 13.7. The van der Waals surface area contributed by atoms with E-state index in [9.17, 15) is 9.18 Å². The van der Waals surface area contributed by atoms with Crippen molar-refractivity contribution < 1.29 is 18.8 Å². The zero-order valence-electron chi connectivity index (χ0n) is 14.6. The Morgan fingerprint density at radius 3 is 2.58 bits per heavy atom. The molecule has 2 aromatic carbocycles. The summed E-state index contributed by atoms with van der Waals surface area (Å²) in [7, 11) is 1.61. The quantitative estimate of drug-likeness (QED) is 0.830. The lowest BCUT2D eigenvalue weighted by Gasteiger charge is -2.10. The molecule has 0 saturated carbocycles. The van der Waals surface area contributed by atoms with Crippen LogP contribution >= 0.6 is 0 Å². The van der Waals surface area contributed by atoms with E-state index in [1.165, 1.54) is 12.1 Å². The van der Waals surface area contributed by atoms with E-state index in [-0.39, 0.29) is 17.8 Å². The third kappa shape index (κ3) is 5.05. The van der Waals surface area contributed by atoms with E-state index in [2.05, 4.69) is 10.5 Å². The molecule has 1 N–H and O–H groups in total. The molecule has 1 amide bonds. The van der Waals surface area contributed by atoms with E-state index in [4.69, 9.17) is 9.57 Å². The molecule has 0 fully saturated rings. The highest BCUT2D eigenvalue weighted by Crippen LogP contribution is 2.15. The Morgan fingerprint density at radius 1 is 1.19 bits per heavy atom. The van der Waals surface area contributed by atoms with Crippen LogP contribution in [0, 0.1) is 5.82 Å². The fourth-order valence-electron chi connectivity index (χ4n) is 2.76. The Kier molecular flexibility index (Phi) is 5.84. The molecule has 1 aliphatic heterocycles. The van der Waals surface area contributed by atoms with Crippen molar-refractivity contribution in [1.82, 2.24) is 5.32 Å². The Bertz CT molecular complexity index is 773. The van der Waals surface area contributed by atoms with Crippen molar-refractivity contribution in [3.8, 4) is 5.75 Å². The maximum Gasteiger partial charge on any atom is 0.224 e. The largest absolute Gasteiger partial charge is 0.497 e. The fraction of sp³-hybridized carbons (Fsp3) is 0.300. The third-order valence-corrected chi connectivity index (χ3v) is 4.17. The first kappa shape index (κ1) is 17.9. The molecule has 6 heteroatoms. The minimum Gasteiger partial charge on any atom is -0.497 e. The maximum absolute atomic E-state index is 12.9. The molecule has 0 unspecified atom stereocenters. The van der Waals surface area contributed by atoms with Crippen LogP contribution in [-0.2, 0) is 22.5 Å². The van der Waals surface area contributed by atoms with E-state index < -0.39 is 0 Å². The average Bonchev–Trinajstić information content (AvgIpc) is 3.10. The van der Waals surface area contributed by atoms with Crippen LogP contribution in [0.15, 0.2) is 53.7 Å². The summed E-state index contributed by atoms with van der Waals surface area (Å²) in [6.07, 6.45) is 1.42. The van der Waals surface area contributed by atoms with Gasteiger partial charge in [0.25, 0.3) is 0 Å². The van der Waals surface area contributed by atoms with Crippen LogP contribution in [0.1, 0.15) is 17.5 Å². The van der Waals surface area contributed by atoms with Crippen molar-refractivity contribution in [2.75, 3.05) is 13.7 Å². The predicted octanol–water partition coefficient (Wildman–Crippen LogP) is 2.88. The molecule has 0 bridgehead atoms. The normalized spacial score (nSPS) is 15.9. The lowest BCUT2D eigenvalue weighted by molar-refractivity contribution is -0.121. The number of nitrogens with one attached hydrogen (secondary N) is 1. The van der Waals surface area contributed by atoms with Crippen molar-refractivity contribution >= 4 is 11.6 Å². The number of nitrogens with zero attached hydrogens (tertiary/aromatic N) is 1. The number of methoxy groups -OCH3 is 1. The van der Waals surface area contributed by atoms with Crippen molar-refractivity contribution in [3.05, 3.63) is 65.5 Å². The van der Waals surface area contributed by atoms with Crippen LogP contribution in [0.4, 0.5) is 4.39 Å². The Hall–Kier alpha value is -2.89. The van der Waals surface area contributed by atoms with Crippen LogP contribution < -0.4 is 10.1 Å². The van der Waals surface area contributed by atoms with Crippen LogP contribution in [0.5, 0.6) is 5.75 Å². The molecule has 0 aliphatic carbocycles. The fourth-order valence-corrected chi connectivity index (χ4v) is 2.76. The third-order valence-electron chi connectivity index (χ3n) is 4.17. The SMILES string of the molecule is COc1ccc(CC(=O)NC[C@H]2CC(Cc3ccc(F)cc3)=NO2)cc1. The van der Waals surface area contributed by atoms with Crippen LogP contribution in [0.25, 0.3) is 0 Å². The molecule has 1 heterocycles. The van der Waals surface area contributed by atoms with Gasteiger partial charge in [-0.25, -0.2) is 4.39 Å². The average molecular weight is 356 g/mol. The molecule has 0 radical (unpaired) electrons. The highest BCUT2D eigenvalue weighted by molar-refractivity contribution is 5.87. The summed E-state index contributed by atoms with van der Waals surface area (Å²) < 4.78 is 18.0. The number of hydrogen-bond acceptors (Lipinski definition) is 4. The summed E-state index contributed by atoms with van der Waals surface area (Å²) in [4.78, 5) is 17.4. The highest BCUT2D eigenvalue weighted by Gasteiger charge is 2.21. The van der Waals surface area contributed by atoms with Gasteiger partial charge in [-0.3, -0.25) is 4.79 Å². The van der Waals surface area contributed by atoms with Gasteiger partial charge in [-0.1, -0.05) is 29.4 Å². The van der Waals surface area contributed by atoms with Crippen molar-refractivity contribution in [2.24, 2.45) is 5.16 Å². The molecule has 1 aliphatic rings. The number of ether oxygens (including phenoxy) is 1. The van der Waals surface area contributed by atoms with Gasteiger partial charge < -0.3 is 14.9 Å². The predicted molar refractivity (Wildman–Crippen MR) is 96.7 cm³/mol. The molecule has 3 rings (SSSR count). The Labute approximate surface area is 151 Å². The summed E-state index contributed by atoms with van der Waals surface area (Å²) in [5.74, 6) is 0.445. The number of oxime groups is 1. The van der Waals surface area contributed by atoms with Gasteiger partial charge in [0, 0.05) is 12.8 Å². The van der Waals surface area contributed by atoms with Gasteiger partial charge >= 0.3 is 0 Å². The lowest BCUT2D eigenvalue weighted by Crippen LogP contribution is -2.33. The maximum atomic E-state index is 12.9. The van der Waals surface area contributed by atoms with Crippen molar-refractivity contribution in [1.29, 1.82) is 0 Å². The molecule has 0 saturated heterocycles. The van der Waals surface area contributed by atoms with E-state index in [1.807, 2.05) is 24.3 Å². The minimum atomic E-state index is -0.254. The second kappa shape index (κ2) is 8.47. The highest BCUT2D eigenvalue weighted by atomic mass is 19.1. The second-order valence-corrected chi connectivity index (χ2v) is 6.22. The van der Waals surface area contributed by atoms with Crippen LogP contribution in [0.2, 0.25) is 0 Å². The molecular weight excluding hydrogens is 335 g/mol. The molecule has 26 heavy (non-hydrogen) atoms. The van der Waals surface area contributed by atoms with Gasteiger partial charge in [0.15, 0.2) is 0 Å². The zero-order valence-corrected chi connectivity index (χ0v) is 14.6. The number of rotatable bonds is 7. The van der Waals surface area contributed by atoms with Gasteiger partial charge in [0.1, 0.15) is 17.7 Å². The lowest BCUT2D eigenvalue weighted by atomic mass is 10.0. The van der Waals surface area contributed by atoms with E-state index >= 15 is 0 Å². The molecule has 5 nitrogen and oxygen atoms in total. The summed E-state index contributed by atoms with van der Waals surface area (Å²) >= 11 is 0. The summed E-state index contributed by atoms with van der Waals surface area (Å²) in [6.45, 7) is 0.408. The summed E-state index contributed by atoms with van der Waals surface area (Å²) in [5, 5.41) is 6.95. The first-order valence-corrected chi connectivity index (χ1v) is 8.48. The molecule has 136 valence electrons.